The maximum atomic E-state index is 12.6. The van der Waals surface area contributed by atoms with E-state index < -0.39 is 6.10 Å². The highest BCUT2D eigenvalue weighted by atomic mass is 16.3. The van der Waals surface area contributed by atoms with Crippen LogP contribution < -0.4 is 0 Å². The molecule has 2 aliphatic rings. The van der Waals surface area contributed by atoms with Gasteiger partial charge in [0.1, 0.15) is 5.75 Å². The van der Waals surface area contributed by atoms with Crippen molar-refractivity contribution in [2.45, 2.75) is 38.7 Å². The molecule has 2 fully saturated rings. The Morgan fingerprint density at radius 1 is 1.28 bits per heavy atom. The number of phenolic OH excluding ortho intramolecular Hbond substituents is 1. The number of hydrogen-bond acceptors (Lipinski definition) is 4. The summed E-state index contributed by atoms with van der Waals surface area (Å²) in [6, 6.07) is 6.44. The second kappa shape index (κ2) is 7.04. The average molecular weight is 346 g/mol. The number of aliphatic hydroxyl groups is 1. The molecule has 0 saturated carbocycles. The zero-order valence-electron chi connectivity index (χ0n) is 14.6. The number of aromatic hydroxyl groups is 1. The van der Waals surface area contributed by atoms with Gasteiger partial charge >= 0.3 is 0 Å². The molecule has 0 bridgehead atoms. The topological polar surface area (TPSA) is 81.1 Å². The molecule has 2 N–H and O–H groups in total. The number of hydrogen-bond donors (Lipinski definition) is 2. The molecule has 25 heavy (non-hydrogen) atoms. The van der Waals surface area contributed by atoms with E-state index in [9.17, 15) is 19.8 Å². The average Bonchev–Trinajstić information content (AvgIpc) is 2.58. The van der Waals surface area contributed by atoms with Gasteiger partial charge in [0.05, 0.1) is 6.10 Å². The Bertz CT molecular complexity index is 651. The third-order valence-corrected chi connectivity index (χ3v) is 5.44. The van der Waals surface area contributed by atoms with Gasteiger partial charge in [0.2, 0.25) is 5.91 Å². The minimum absolute atomic E-state index is 0.0540. The molecule has 0 radical (unpaired) electrons. The zero-order valence-corrected chi connectivity index (χ0v) is 14.6. The van der Waals surface area contributed by atoms with Crippen molar-refractivity contribution in [3.63, 3.8) is 0 Å². The summed E-state index contributed by atoms with van der Waals surface area (Å²) in [6.07, 6.45) is 2.58. The molecule has 6 nitrogen and oxygen atoms in total. The van der Waals surface area contributed by atoms with Crippen molar-refractivity contribution in [1.29, 1.82) is 0 Å². The van der Waals surface area contributed by atoms with E-state index in [1.54, 1.807) is 30.0 Å². The highest BCUT2D eigenvalue weighted by Gasteiger charge is 2.41. The number of amides is 2. The predicted octanol–water partition coefficient (Wildman–Crippen LogP) is 1.62. The summed E-state index contributed by atoms with van der Waals surface area (Å²) in [5.74, 6) is 0.155. The number of carbonyl (C=O) groups excluding carboxylic acids is 2. The van der Waals surface area contributed by atoms with Crippen molar-refractivity contribution in [2.24, 2.45) is 5.41 Å². The number of benzene rings is 1. The smallest absolute Gasteiger partial charge is 0.253 e. The minimum atomic E-state index is -0.522. The number of phenols is 1. The van der Waals surface area contributed by atoms with Crippen LogP contribution in [-0.4, -0.2) is 64.1 Å². The van der Waals surface area contributed by atoms with Crippen LogP contribution in [0.25, 0.3) is 0 Å². The van der Waals surface area contributed by atoms with Crippen LogP contribution in [0.4, 0.5) is 0 Å². The van der Waals surface area contributed by atoms with Gasteiger partial charge in [0, 0.05) is 38.2 Å². The van der Waals surface area contributed by atoms with Gasteiger partial charge in [0.15, 0.2) is 0 Å². The lowest BCUT2D eigenvalue weighted by molar-refractivity contribution is -0.140. The largest absolute Gasteiger partial charge is 0.508 e. The Morgan fingerprint density at radius 3 is 2.64 bits per heavy atom. The molecule has 1 atom stereocenters. The van der Waals surface area contributed by atoms with E-state index in [2.05, 4.69) is 0 Å². The van der Waals surface area contributed by atoms with Crippen LogP contribution in [0.15, 0.2) is 24.3 Å². The summed E-state index contributed by atoms with van der Waals surface area (Å²) in [6.45, 7) is 4.07. The Morgan fingerprint density at radius 2 is 2.00 bits per heavy atom. The third-order valence-electron chi connectivity index (χ3n) is 5.44. The summed E-state index contributed by atoms with van der Waals surface area (Å²) in [5, 5.41) is 19.2. The van der Waals surface area contributed by atoms with Crippen LogP contribution in [0.5, 0.6) is 5.75 Å². The number of rotatable bonds is 3. The lowest BCUT2D eigenvalue weighted by Crippen LogP contribution is -2.53. The van der Waals surface area contributed by atoms with Crippen molar-refractivity contribution in [3.05, 3.63) is 29.8 Å². The highest BCUT2D eigenvalue weighted by Crippen LogP contribution is 2.40. The number of aliphatic hydroxyl groups excluding tert-OH is 1. The van der Waals surface area contributed by atoms with E-state index >= 15 is 0 Å². The number of carbonyl (C=O) groups is 2. The normalized spacial score (nSPS) is 21.4. The van der Waals surface area contributed by atoms with Crippen molar-refractivity contribution in [1.82, 2.24) is 9.80 Å². The van der Waals surface area contributed by atoms with Gasteiger partial charge in [-0.2, -0.15) is 0 Å². The first kappa shape index (κ1) is 17.7. The molecular formula is C19H26N2O4. The van der Waals surface area contributed by atoms with E-state index in [0.29, 0.717) is 38.2 Å². The maximum Gasteiger partial charge on any atom is 0.253 e. The molecule has 0 aliphatic carbocycles. The number of β-amino-alcohol motifs (C(OH)–C–C–N with tert-alkyl or cyclic N) is 1. The third kappa shape index (κ3) is 3.95. The fourth-order valence-electron chi connectivity index (χ4n) is 4.00. The van der Waals surface area contributed by atoms with Gasteiger partial charge in [0.25, 0.3) is 5.91 Å². The number of likely N-dealkylation sites (tertiary alicyclic amines) is 2. The highest BCUT2D eigenvalue weighted by molar-refractivity contribution is 5.94. The fraction of sp³-hybridized carbons (Fsp3) is 0.579. The fourth-order valence-corrected chi connectivity index (χ4v) is 4.00. The number of piperidine rings is 2. The van der Waals surface area contributed by atoms with Crippen LogP contribution in [0.3, 0.4) is 0 Å². The molecule has 1 spiro atoms. The second-order valence-electron chi connectivity index (χ2n) is 7.47. The standard InChI is InChI=1S/C19H26N2O4/c1-14(22)12-21-13-19(6-5-17(21)24)7-9-20(10-8-19)18(25)15-3-2-4-16(23)11-15/h2-4,11,14,22-23H,5-10,12-13H2,1H3/t14-/m1/s1. The van der Waals surface area contributed by atoms with Gasteiger partial charge in [-0.3, -0.25) is 9.59 Å². The van der Waals surface area contributed by atoms with Gasteiger partial charge < -0.3 is 20.0 Å². The molecular weight excluding hydrogens is 320 g/mol. The van der Waals surface area contributed by atoms with Crippen molar-refractivity contribution >= 4 is 11.8 Å². The lowest BCUT2D eigenvalue weighted by atomic mass is 9.72. The summed E-state index contributed by atoms with van der Waals surface area (Å²) in [5.41, 5.74) is 0.559. The Hall–Kier alpha value is -2.08. The second-order valence-corrected chi connectivity index (χ2v) is 7.47. The Balaban J connectivity index is 1.63. The summed E-state index contributed by atoms with van der Waals surface area (Å²) < 4.78 is 0. The van der Waals surface area contributed by atoms with E-state index in [1.165, 1.54) is 6.07 Å². The van der Waals surface area contributed by atoms with Crippen LogP contribution in [0, 0.1) is 5.41 Å². The summed E-state index contributed by atoms with van der Waals surface area (Å²) in [7, 11) is 0. The number of nitrogens with zero attached hydrogens (tertiary/aromatic N) is 2. The molecule has 0 aromatic heterocycles. The van der Waals surface area contributed by atoms with Crippen LogP contribution in [0.2, 0.25) is 0 Å². The van der Waals surface area contributed by atoms with Crippen LogP contribution >= 0.6 is 0 Å². The molecule has 6 heteroatoms. The zero-order chi connectivity index (χ0) is 18.0. The first-order valence-corrected chi connectivity index (χ1v) is 8.93. The maximum absolute atomic E-state index is 12.6. The quantitative estimate of drug-likeness (QED) is 0.871. The summed E-state index contributed by atoms with van der Waals surface area (Å²) in [4.78, 5) is 28.3. The summed E-state index contributed by atoms with van der Waals surface area (Å²) >= 11 is 0. The van der Waals surface area contributed by atoms with Crippen molar-refractivity contribution in [3.8, 4) is 5.75 Å². The predicted molar refractivity (Wildman–Crippen MR) is 93.2 cm³/mol. The van der Waals surface area contributed by atoms with Gasteiger partial charge in [-0.05, 0) is 49.8 Å². The van der Waals surface area contributed by atoms with E-state index in [0.717, 1.165) is 19.3 Å². The molecule has 1 aromatic rings. The van der Waals surface area contributed by atoms with Crippen LogP contribution in [-0.2, 0) is 4.79 Å². The van der Waals surface area contributed by atoms with Gasteiger partial charge in [-0.1, -0.05) is 6.07 Å². The monoisotopic (exact) mass is 346 g/mol. The van der Waals surface area contributed by atoms with Crippen molar-refractivity contribution < 1.29 is 19.8 Å². The molecule has 2 saturated heterocycles. The Kier molecular flexibility index (Phi) is 4.99. The molecule has 1 aromatic carbocycles. The first-order chi connectivity index (χ1) is 11.9. The lowest BCUT2D eigenvalue weighted by Gasteiger charge is -2.47. The van der Waals surface area contributed by atoms with Gasteiger partial charge in [-0.25, -0.2) is 0 Å². The molecule has 2 aliphatic heterocycles. The molecule has 0 unspecified atom stereocenters. The van der Waals surface area contributed by atoms with Crippen LogP contribution in [0.1, 0.15) is 43.0 Å². The minimum Gasteiger partial charge on any atom is -0.508 e. The van der Waals surface area contributed by atoms with E-state index in [4.69, 9.17) is 0 Å². The molecule has 3 rings (SSSR count). The Labute approximate surface area is 148 Å². The SMILES string of the molecule is C[C@@H](O)CN1CC2(CCC1=O)CCN(C(=O)c1cccc(O)c1)CC2. The molecule has 136 valence electrons. The molecule has 2 heterocycles. The molecule has 2 amide bonds. The van der Waals surface area contributed by atoms with E-state index in [1.807, 2.05) is 4.90 Å². The first-order valence-electron chi connectivity index (χ1n) is 8.93. The van der Waals surface area contributed by atoms with Crippen molar-refractivity contribution in [2.75, 3.05) is 26.2 Å². The van der Waals surface area contributed by atoms with Gasteiger partial charge in [-0.15, -0.1) is 0 Å². The van der Waals surface area contributed by atoms with E-state index in [-0.39, 0.29) is 23.0 Å².